The molecule has 2 aromatic rings. The fourth-order valence-corrected chi connectivity index (χ4v) is 2.94. The van der Waals surface area contributed by atoms with Gasteiger partial charge in [-0.25, -0.2) is 0 Å². The van der Waals surface area contributed by atoms with Crippen molar-refractivity contribution in [2.75, 3.05) is 27.0 Å². The van der Waals surface area contributed by atoms with E-state index in [1.165, 1.54) is 5.56 Å². The zero-order valence-electron chi connectivity index (χ0n) is 13.1. The average molecular weight is 378 g/mol. The van der Waals surface area contributed by atoms with Crippen LogP contribution in [0.25, 0.3) is 0 Å². The van der Waals surface area contributed by atoms with Crippen molar-refractivity contribution in [1.29, 1.82) is 0 Å². The molecule has 0 saturated heterocycles. The van der Waals surface area contributed by atoms with Gasteiger partial charge in [-0.3, -0.25) is 0 Å². The maximum atomic E-state index is 5.72. The minimum atomic E-state index is 0.303. The van der Waals surface area contributed by atoms with Crippen LogP contribution in [0.4, 0.5) is 0 Å². The molecule has 0 fully saturated rings. The molecule has 0 atom stereocenters. The van der Waals surface area contributed by atoms with E-state index in [1.807, 2.05) is 42.5 Å². The van der Waals surface area contributed by atoms with Crippen LogP contribution in [0, 0.1) is 0 Å². The molecule has 0 radical (unpaired) electrons. The van der Waals surface area contributed by atoms with Crippen molar-refractivity contribution >= 4 is 15.9 Å². The summed E-state index contributed by atoms with van der Waals surface area (Å²) in [5.41, 5.74) is 1.20. The molecule has 0 unspecified atom stereocenters. The Morgan fingerprint density at radius 2 is 1.87 bits per heavy atom. The summed E-state index contributed by atoms with van der Waals surface area (Å²) in [5, 5.41) is 0. The Labute approximate surface area is 145 Å². The van der Waals surface area contributed by atoms with E-state index in [2.05, 4.69) is 27.9 Å². The Hall–Kier alpha value is -1.72. The van der Waals surface area contributed by atoms with Crippen LogP contribution in [-0.2, 0) is 6.54 Å². The number of fused-ring (bicyclic) bond motifs is 1. The van der Waals surface area contributed by atoms with Crippen LogP contribution < -0.4 is 14.2 Å². The third-order valence-electron chi connectivity index (χ3n) is 3.68. The molecule has 0 spiro atoms. The van der Waals surface area contributed by atoms with Crippen molar-refractivity contribution in [2.24, 2.45) is 0 Å². The van der Waals surface area contributed by atoms with Crippen LogP contribution in [0.15, 0.2) is 46.9 Å². The van der Waals surface area contributed by atoms with Crippen molar-refractivity contribution in [3.05, 3.63) is 52.5 Å². The SMILES string of the molecule is CN(CCCOc1ccccc1)Cc1cc2c(cc1Br)OCO2. The second-order valence-electron chi connectivity index (χ2n) is 5.55. The molecular weight excluding hydrogens is 358 g/mol. The number of hydrogen-bond donors (Lipinski definition) is 0. The number of nitrogens with zero attached hydrogens (tertiary/aromatic N) is 1. The van der Waals surface area contributed by atoms with Crippen molar-refractivity contribution < 1.29 is 14.2 Å². The summed E-state index contributed by atoms with van der Waals surface area (Å²) in [5.74, 6) is 2.55. The van der Waals surface area contributed by atoms with E-state index in [0.29, 0.717) is 6.79 Å². The first-order chi connectivity index (χ1) is 11.2. The fourth-order valence-electron chi connectivity index (χ4n) is 2.49. The highest BCUT2D eigenvalue weighted by Crippen LogP contribution is 2.37. The van der Waals surface area contributed by atoms with Gasteiger partial charge in [0.25, 0.3) is 0 Å². The molecule has 1 heterocycles. The van der Waals surface area contributed by atoms with Gasteiger partial charge in [-0.15, -0.1) is 0 Å². The number of benzene rings is 2. The zero-order chi connectivity index (χ0) is 16.1. The first kappa shape index (κ1) is 16.1. The van der Waals surface area contributed by atoms with E-state index >= 15 is 0 Å². The van der Waals surface area contributed by atoms with E-state index in [1.54, 1.807) is 0 Å². The number of para-hydroxylation sites is 1. The molecule has 0 aliphatic carbocycles. The summed E-state index contributed by atoms with van der Waals surface area (Å²) in [6.45, 7) is 2.84. The first-order valence-electron chi connectivity index (χ1n) is 7.67. The summed E-state index contributed by atoms with van der Waals surface area (Å²) in [7, 11) is 2.11. The Kier molecular flexibility index (Phi) is 5.41. The van der Waals surface area contributed by atoms with Crippen molar-refractivity contribution in [3.8, 4) is 17.2 Å². The van der Waals surface area contributed by atoms with Crippen LogP contribution in [0.1, 0.15) is 12.0 Å². The molecule has 0 saturated carbocycles. The highest BCUT2D eigenvalue weighted by atomic mass is 79.9. The quantitative estimate of drug-likeness (QED) is 0.680. The van der Waals surface area contributed by atoms with Gasteiger partial charge in [0, 0.05) is 17.6 Å². The Balaban J connectivity index is 1.45. The average Bonchev–Trinajstić information content (AvgIpc) is 3.00. The van der Waals surface area contributed by atoms with Crippen LogP contribution in [0.2, 0.25) is 0 Å². The van der Waals surface area contributed by atoms with Crippen LogP contribution in [0.5, 0.6) is 17.2 Å². The minimum Gasteiger partial charge on any atom is -0.494 e. The largest absolute Gasteiger partial charge is 0.494 e. The number of halogens is 1. The predicted molar refractivity (Wildman–Crippen MR) is 93.2 cm³/mol. The summed E-state index contributed by atoms with van der Waals surface area (Å²) in [6.07, 6.45) is 0.980. The molecule has 0 N–H and O–H groups in total. The smallest absolute Gasteiger partial charge is 0.231 e. The van der Waals surface area contributed by atoms with Gasteiger partial charge in [-0.1, -0.05) is 34.1 Å². The molecule has 1 aliphatic rings. The van der Waals surface area contributed by atoms with E-state index in [4.69, 9.17) is 14.2 Å². The van der Waals surface area contributed by atoms with Gasteiger partial charge >= 0.3 is 0 Å². The Morgan fingerprint density at radius 3 is 2.65 bits per heavy atom. The predicted octanol–water partition coefficient (Wildman–Crippen LogP) is 4.08. The lowest BCUT2D eigenvalue weighted by Crippen LogP contribution is -2.21. The van der Waals surface area contributed by atoms with E-state index in [-0.39, 0.29) is 0 Å². The fraction of sp³-hybridized carbons (Fsp3) is 0.333. The molecule has 23 heavy (non-hydrogen) atoms. The van der Waals surface area contributed by atoms with Gasteiger partial charge in [0.2, 0.25) is 6.79 Å². The number of rotatable bonds is 7. The second kappa shape index (κ2) is 7.70. The Morgan fingerprint density at radius 1 is 1.13 bits per heavy atom. The van der Waals surface area contributed by atoms with Gasteiger partial charge in [-0.05, 0) is 43.3 Å². The molecule has 0 amide bonds. The lowest BCUT2D eigenvalue weighted by atomic mass is 10.2. The summed E-state index contributed by atoms with van der Waals surface area (Å²) >= 11 is 3.60. The van der Waals surface area contributed by atoms with Gasteiger partial charge in [0.05, 0.1) is 6.61 Å². The minimum absolute atomic E-state index is 0.303. The van der Waals surface area contributed by atoms with E-state index in [9.17, 15) is 0 Å². The molecule has 122 valence electrons. The van der Waals surface area contributed by atoms with Crippen LogP contribution >= 0.6 is 15.9 Å². The molecule has 4 nitrogen and oxygen atoms in total. The van der Waals surface area contributed by atoms with Crippen molar-refractivity contribution in [2.45, 2.75) is 13.0 Å². The lowest BCUT2D eigenvalue weighted by molar-refractivity contribution is 0.174. The molecule has 0 aromatic heterocycles. The molecule has 5 heteroatoms. The normalized spacial score (nSPS) is 12.7. The third kappa shape index (κ3) is 4.39. The van der Waals surface area contributed by atoms with Crippen LogP contribution in [-0.4, -0.2) is 31.9 Å². The van der Waals surface area contributed by atoms with Gasteiger partial charge in [0.15, 0.2) is 11.5 Å². The lowest BCUT2D eigenvalue weighted by Gasteiger charge is -2.18. The maximum absolute atomic E-state index is 5.72. The van der Waals surface area contributed by atoms with Gasteiger partial charge < -0.3 is 19.1 Å². The highest BCUT2D eigenvalue weighted by molar-refractivity contribution is 9.10. The molecule has 1 aliphatic heterocycles. The highest BCUT2D eigenvalue weighted by Gasteiger charge is 2.16. The van der Waals surface area contributed by atoms with Crippen LogP contribution in [0.3, 0.4) is 0 Å². The zero-order valence-corrected chi connectivity index (χ0v) is 14.7. The second-order valence-corrected chi connectivity index (χ2v) is 6.40. The van der Waals surface area contributed by atoms with E-state index < -0.39 is 0 Å². The number of hydrogen-bond acceptors (Lipinski definition) is 4. The Bertz CT molecular complexity index is 648. The van der Waals surface area contributed by atoms with Gasteiger partial charge in [0.1, 0.15) is 5.75 Å². The summed E-state index contributed by atoms with van der Waals surface area (Å²) < 4.78 is 17.6. The monoisotopic (exact) mass is 377 g/mol. The van der Waals surface area contributed by atoms with Crippen molar-refractivity contribution in [1.82, 2.24) is 4.90 Å². The molecule has 3 rings (SSSR count). The molecule has 0 bridgehead atoms. The third-order valence-corrected chi connectivity index (χ3v) is 4.42. The maximum Gasteiger partial charge on any atom is 0.231 e. The first-order valence-corrected chi connectivity index (χ1v) is 8.46. The van der Waals surface area contributed by atoms with Crippen molar-refractivity contribution in [3.63, 3.8) is 0 Å². The summed E-state index contributed by atoms with van der Waals surface area (Å²) in [6, 6.07) is 13.9. The molecule has 2 aromatic carbocycles. The number of ether oxygens (including phenoxy) is 3. The topological polar surface area (TPSA) is 30.9 Å². The standard InChI is InChI=1S/C18H20BrNO3/c1-20(8-5-9-21-15-6-3-2-4-7-15)12-14-10-17-18(11-16(14)19)23-13-22-17/h2-4,6-7,10-11H,5,8-9,12-13H2,1H3. The summed E-state index contributed by atoms with van der Waals surface area (Å²) in [4.78, 5) is 2.27. The molecular formula is C18H20BrNO3. The van der Waals surface area contributed by atoms with Gasteiger partial charge in [-0.2, -0.15) is 0 Å². The van der Waals surface area contributed by atoms with E-state index in [0.717, 1.165) is 47.8 Å².